The third-order valence-electron chi connectivity index (χ3n) is 4.09. The second kappa shape index (κ2) is 8.57. The van der Waals surface area contributed by atoms with Crippen LogP contribution in [0.15, 0.2) is 24.3 Å². The van der Waals surface area contributed by atoms with Crippen LogP contribution in [0, 0.1) is 5.92 Å². The van der Waals surface area contributed by atoms with Gasteiger partial charge in [-0.25, -0.2) is 9.59 Å². The van der Waals surface area contributed by atoms with Gasteiger partial charge in [-0.1, -0.05) is 38.2 Å². The third kappa shape index (κ3) is 4.86. The maximum absolute atomic E-state index is 12.0. The predicted octanol–water partition coefficient (Wildman–Crippen LogP) is 3.99. The summed E-state index contributed by atoms with van der Waals surface area (Å²) in [5.74, 6) is -0.103. The summed E-state index contributed by atoms with van der Waals surface area (Å²) in [6.45, 7) is 2.52. The first kappa shape index (κ1) is 16.5. The molecule has 1 aromatic carbocycles. The number of rotatable bonds is 6. The van der Waals surface area contributed by atoms with E-state index >= 15 is 0 Å². The summed E-state index contributed by atoms with van der Waals surface area (Å²) in [6.07, 6.45) is 7.34. The van der Waals surface area contributed by atoms with E-state index in [1.165, 1.54) is 38.2 Å². The Morgan fingerprint density at radius 2 is 1.68 bits per heavy atom. The first-order chi connectivity index (χ1) is 10.7. The van der Waals surface area contributed by atoms with Crippen molar-refractivity contribution in [3.8, 4) is 0 Å². The van der Waals surface area contributed by atoms with Crippen molar-refractivity contribution in [2.24, 2.45) is 5.92 Å². The molecule has 0 spiro atoms. The van der Waals surface area contributed by atoms with Crippen LogP contribution in [0.3, 0.4) is 0 Å². The summed E-state index contributed by atoms with van der Waals surface area (Å²) >= 11 is 0. The van der Waals surface area contributed by atoms with Crippen molar-refractivity contribution < 1.29 is 19.1 Å². The number of hydrogen-bond donors (Lipinski definition) is 0. The molecular formula is C18H24O4. The van der Waals surface area contributed by atoms with Gasteiger partial charge in [-0.15, -0.1) is 0 Å². The highest BCUT2D eigenvalue weighted by Crippen LogP contribution is 2.26. The summed E-state index contributed by atoms with van der Waals surface area (Å²) in [5, 5.41) is 0. The van der Waals surface area contributed by atoms with Crippen molar-refractivity contribution in [3.05, 3.63) is 35.4 Å². The Labute approximate surface area is 131 Å². The zero-order chi connectivity index (χ0) is 15.8. The van der Waals surface area contributed by atoms with Crippen LogP contribution in [0.25, 0.3) is 0 Å². The van der Waals surface area contributed by atoms with Gasteiger partial charge in [0.2, 0.25) is 0 Å². The van der Waals surface area contributed by atoms with Crippen LogP contribution < -0.4 is 0 Å². The monoisotopic (exact) mass is 304 g/mol. The number of carbonyl (C=O) groups is 2. The smallest absolute Gasteiger partial charge is 0.338 e. The average Bonchev–Trinajstić information content (AvgIpc) is 2.56. The highest BCUT2D eigenvalue weighted by Gasteiger charge is 2.15. The lowest BCUT2D eigenvalue weighted by atomic mass is 9.87. The van der Waals surface area contributed by atoms with Crippen molar-refractivity contribution in [3.63, 3.8) is 0 Å². The summed E-state index contributed by atoms with van der Waals surface area (Å²) in [5.41, 5.74) is 0.776. The molecule has 4 nitrogen and oxygen atoms in total. The van der Waals surface area contributed by atoms with Gasteiger partial charge in [0.05, 0.1) is 24.3 Å². The van der Waals surface area contributed by atoms with Crippen molar-refractivity contribution in [1.29, 1.82) is 0 Å². The number of carbonyl (C=O) groups excluding carboxylic acids is 2. The largest absolute Gasteiger partial charge is 0.462 e. The summed E-state index contributed by atoms with van der Waals surface area (Å²) in [6, 6.07) is 6.49. The zero-order valence-corrected chi connectivity index (χ0v) is 13.2. The SMILES string of the molecule is CCOC(=O)c1cccc(C(=O)OCCC2CCCCC2)c1. The van der Waals surface area contributed by atoms with Crippen LogP contribution in [-0.2, 0) is 9.47 Å². The van der Waals surface area contributed by atoms with Crippen LogP contribution in [0.5, 0.6) is 0 Å². The van der Waals surface area contributed by atoms with Gasteiger partial charge in [-0.3, -0.25) is 0 Å². The molecule has 0 N–H and O–H groups in total. The number of ether oxygens (including phenoxy) is 2. The molecule has 0 bridgehead atoms. The molecule has 1 saturated carbocycles. The second-order valence-corrected chi connectivity index (χ2v) is 5.73. The normalized spacial score (nSPS) is 15.3. The molecule has 4 heteroatoms. The maximum atomic E-state index is 12.0. The van der Waals surface area contributed by atoms with E-state index in [0.29, 0.717) is 30.3 Å². The highest BCUT2D eigenvalue weighted by atomic mass is 16.5. The van der Waals surface area contributed by atoms with Crippen molar-refractivity contribution in [1.82, 2.24) is 0 Å². The Bertz CT molecular complexity index is 504. The van der Waals surface area contributed by atoms with E-state index in [0.717, 1.165) is 6.42 Å². The van der Waals surface area contributed by atoms with E-state index in [9.17, 15) is 9.59 Å². The van der Waals surface area contributed by atoms with Gasteiger partial charge >= 0.3 is 11.9 Å². The van der Waals surface area contributed by atoms with Gasteiger partial charge in [0.15, 0.2) is 0 Å². The minimum Gasteiger partial charge on any atom is -0.462 e. The minimum absolute atomic E-state index is 0.314. The van der Waals surface area contributed by atoms with E-state index in [2.05, 4.69) is 0 Å². The molecular weight excluding hydrogens is 280 g/mol. The van der Waals surface area contributed by atoms with Crippen molar-refractivity contribution in [2.75, 3.05) is 13.2 Å². The fourth-order valence-electron chi connectivity index (χ4n) is 2.87. The Morgan fingerprint density at radius 3 is 2.32 bits per heavy atom. The molecule has 2 rings (SSSR count). The molecule has 1 fully saturated rings. The molecule has 0 aromatic heterocycles. The Morgan fingerprint density at radius 1 is 1.05 bits per heavy atom. The average molecular weight is 304 g/mol. The number of hydrogen-bond acceptors (Lipinski definition) is 4. The molecule has 0 amide bonds. The molecule has 0 saturated heterocycles. The molecule has 0 radical (unpaired) electrons. The Hall–Kier alpha value is -1.84. The fourth-order valence-corrected chi connectivity index (χ4v) is 2.87. The van der Waals surface area contributed by atoms with E-state index < -0.39 is 5.97 Å². The van der Waals surface area contributed by atoms with Crippen LogP contribution in [0.1, 0.15) is 66.2 Å². The Balaban J connectivity index is 1.83. The van der Waals surface area contributed by atoms with Crippen LogP contribution in [0.4, 0.5) is 0 Å². The van der Waals surface area contributed by atoms with Crippen molar-refractivity contribution in [2.45, 2.75) is 45.4 Å². The molecule has 1 aromatic rings. The Kier molecular flexibility index (Phi) is 6.44. The number of benzene rings is 1. The molecule has 0 atom stereocenters. The molecule has 1 aliphatic carbocycles. The lowest BCUT2D eigenvalue weighted by molar-refractivity contribution is 0.0475. The summed E-state index contributed by atoms with van der Waals surface area (Å²) in [7, 11) is 0. The standard InChI is InChI=1S/C18H24O4/c1-2-21-17(19)15-9-6-10-16(13-15)18(20)22-12-11-14-7-4-3-5-8-14/h6,9-10,13-14H,2-5,7-8,11-12H2,1H3. The molecule has 120 valence electrons. The van der Waals surface area contributed by atoms with Crippen molar-refractivity contribution >= 4 is 11.9 Å². The van der Waals surface area contributed by atoms with E-state index in [1.807, 2.05) is 0 Å². The highest BCUT2D eigenvalue weighted by molar-refractivity contribution is 5.95. The fraction of sp³-hybridized carbons (Fsp3) is 0.556. The van der Waals surface area contributed by atoms with Gasteiger partial charge in [0, 0.05) is 0 Å². The van der Waals surface area contributed by atoms with Gasteiger partial charge in [-0.2, -0.15) is 0 Å². The molecule has 1 aliphatic rings. The summed E-state index contributed by atoms with van der Waals surface area (Å²) < 4.78 is 10.3. The quantitative estimate of drug-likeness (QED) is 0.746. The first-order valence-electron chi connectivity index (χ1n) is 8.15. The maximum Gasteiger partial charge on any atom is 0.338 e. The molecule has 0 aliphatic heterocycles. The summed E-state index contributed by atoms with van der Waals surface area (Å²) in [4.78, 5) is 23.7. The second-order valence-electron chi connectivity index (χ2n) is 5.73. The predicted molar refractivity (Wildman–Crippen MR) is 83.9 cm³/mol. The van der Waals surface area contributed by atoms with Gasteiger partial charge in [0.1, 0.15) is 0 Å². The van der Waals surface area contributed by atoms with Crippen LogP contribution in [0.2, 0.25) is 0 Å². The zero-order valence-electron chi connectivity index (χ0n) is 13.2. The lowest BCUT2D eigenvalue weighted by Crippen LogP contribution is -2.13. The topological polar surface area (TPSA) is 52.6 Å². The molecule has 22 heavy (non-hydrogen) atoms. The van der Waals surface area contributed by atoms with Gasteiger partial charge in [0.25, 0.3) is 0 Å². The first-order valence-corrected chi connectivity index (χ1v) is 8.15. The third-order valence-corrected chi connectivity index (χ3v) is 4.09. The molecule has 0 unspecified atom stereocenters. The number of esters is 2. The minimum atomic E-state index is -0.417. The van der Waals surface area contributed by atoms with Crippen LogP contribution in [-0.4, -0.2) is 25.2 Å². The van der Waals surface area contributed by atoms with Crippen LogP contribution >= 0.6 is 0 Å². The van der Waals surface area contributed by atoms with E-state index in [-0.39, 0.29) is 5.97 Å². The van der Waals surface area contributed by atoms with Gasteiger partial charge in [-0.05, 0) is 37.5 Å². The van der Waals surface area contributed by atoms with E-state index in [4.69, 9.17) is 9.47 Å². The van der Waals surface area contributed by atoms with Gasteiger partial charge < -0.3 is 9.47 Å². The van der Waals surface area contributed by atoms with E-state index in [1.54, 1.807) is 25.1 Å². The lowest BCUT2D eigenvalue weighted by Gasteiger charge is -2.21. The molecule has 0 heterocycles.